The average molecular weight is 513 g/mol. The van der Waals surface area contributed by atoms with Crippen LogP contribution in [0.4, 0.5) is 14.5 Å². The van der Waals surface area contributed by atoms with Gasteiger partial charge in [0.15, 0.2) is 0 Å². The van der Waals surface area contributed by atoms with Gasteiger partial charge in [0.1, 0.15) is 11.7 Å². The van der Waals surface area contributed by atoms with Crippen molar-refractivity contribution in [2.45, 2.75) is 0 Å². The number of pyridine rings is 1. The fourth-order valence-electron chi connectivity index (χ4n) is 4.20. The predicted octanol–water partition coefficient (Wildman–Crippen LogP) is 9.75. The van der Waals surface area contributed by atoms with Gasteiger partial charge >= 0.3 is 0 Å². The van der Waals surface area contributed by atoms with Gasteiger partial charge in [0.05, 0.1) is 11.4 Å². The molecule has 4 heteroatoms. The molecular formula is C35H26F2N2. The predicted molar refractivity (Wildman–Crippen MR) is 158 cm³/mol. The number of benzene rings is 3. The fourth-order valence-corrected chi connectivity index (χ4v) is 4.20. The molecule has 0 unspecified atom stereocenters. The molecule has 0 saturated carbocycles. The fraction of sp³-hybridized carbons (Fsp3) is 0. The molecule has 2 nitrogen and oxygen atoms in total. The number of allylic oxidation sites excluding steroid dienone is 8. The van der Waals surface area contributed by atoms with Crippen LogP contribution in [0.2, 0.25) is 0 Å². The van der Waals surface area contributed by atoms with E-state index < -0.39 is 11.7 Å². The summed E-state index contributed by atoms with van der Waals surface area (Å²) >= 11 is 0. The second-order valence-corrected chi connectivity index (χ2v) is 9.06. The standard InChI is InChI=1S/C35H26F2N2/c1-25-20-31(36)16-18-39(19-17-32(37)21-26(25)2)33-15-9-14-29(22-33)30-23-34(27-10-5-3-6-11-27)38-35(24-30)28-12-7-4-8-13-28/h3-24H,1-2H2/b18-16-,19-17-,31-20+,32-21+. The molecule has 0 spiro atoms. The van der Waals surface area contributed by atoms with Crippen LogP contribution in [-0.2, 0) is 0 Å². The Morgan fingerprint density at radius 3 is 1.54 bits per heavy atom. The number of hydrogen-bond acceptors (Lipinski definition) is 2. The van der Waals surface area contributed by atoms with Crippen molar-refractivity contribution >= 4 is 5.69 Å². The van der Waals surface area contributed by atoms with Gasteiger partial charge in [0, 0.05) is 29.2 Å². The highest BCUT2D eigenvalue weighted by Gasteiger charge is 2.11. The number of rotatable bonds is 4. The van der Waals surface area contributed by atoms with Crippen LogP contribution < -0.4 is 4.90 Å². The van der Waals surface area contributed by atoms with E-state index in [0.29, 0.717) is 11.1 Å². The molecule has 0 atom stereocenters. The Bertz CT molecular complexity index is 1550. The summed E-state index contributed by atoms with van der Waals surface area (Å²) in [7, 11) is 0. The molecule has 1 aromatic heterocycles. The Morgan fingerprint density at radius 1 is 0.538 bits per heavy atom. The Hall–Kier alpha value is -5.09. The van der Waals surface area contributed by atoms with Gasteiger partial charge in [-0.3, -0.25) is 0 Å². The quantitative estimate of drug-likeness (QED) is 0.271. The molecule has 39 heavy (non-hydrogen) atoms. The average Bonchev–Trinajstić information content (AvgIpc) is 2.99. The highest BCUT2D eigenvalue weighted by atomic mass is 19.1. The van der Waals surface area contributed by atoms with Crippen LogP contribution in [-0.4, -0.2) is 4.98 Å². The lowest BCUT2D eigenvalue weighted by atomic mass is 9.99. The van der Waals surface area contributed by atoms with Gasteiger partial charge in [-0.1, -0.05) is 86.0 Å². The van der Waals surface area contributed by atoms with Crippen molar-refractivity contribution in [3.63, 3.8) is 0 Å². The number of hydrogen-bond donors (Lipinski definition) is 0. The summed E-state index contributed by atoms with van der Waals surface area (Å²) in [4.78, 5) is 6.61. The van der Waals surface area contributed by atoms with E-state index in [4.69, 9.17) is 4.98 Å². The highest BCUT2D eigenvalue weighted by Crippen LogP contribution is 2.32. The zero-order chi connectivity index (χ0) is 27.2. The van der Waals surface area contributed by atoms with Crippen LogP contribution >= 0.6 is 0 Å². The topological polar surface area (TPSA) is 16.1 Å². The summed E-state index contributed by atoms with van der Waals surface area (Å²) in [6.07, 6.45) is 8.19. The molecule has 5 rings (SSSR count). The smallest absolute Gasteiger partial charge is 0.125 e. The molecule has 0 fully saturated rings. The number of aromatic nitrogens is 1. The minimum atomic E-state index is -0.513. The Kier molecular flexibility index (Phi) is 7.56. The minimum absolute atomic E-state index is 0.303. The van der Waals surface area contributed by atoms with Crippen LogP contribution in [0.5, 0.6) is 0 Å². The molecule has 2 heterocycles. The molecule has 4 aromatic rings. The summed E-state index contributed by atoms with van der Waals surface area (Å²) in [5.41, 5.74) is 6.98. The summed E-state index contributed by atoms with van der Waals surface area (Å²) in [5, 5.41) is 0. The molecule has 0 saturated heterocycles. The van der Waals surface area contributed by atoms with Gasteiger partial charge < -0.3 is 4.90 Å². The molecule has 0 aliphatic carbocycles. The van der Waals surface area contributed by atoms with Crippen molar-refractivity contribution in [2.75, 3.05) is 4.90 Å². The Labute approximate surface area is 227 Å². The third-order valence-electron chi connectivity index (χ3n) is 6.27. The van der Waals surface area contributed by atoms with Crippen molar-refractivity contribution in [2.24, 2.45) is 0 Å². The number of nitrogens with zero attached hydrogens (tertiary/aromatic N) is 2. The van der Waals surface area contributed by atoms with E-state index in [0.717, 1.165) is 39.3 Å². The summed E-state index contributed by atoms with van der Waals surface area (Å²) in [6, 6.07) is 32.0. The van der Waals surface area contributed by atoms with Crippen LogP contribution in [0.1, 0.15) is 0 Å². The summed E-state index contributed by atoms with van der Waals surface area (Å²) in [6.45, 7) is 7.52. The molecule has 1 aliphatic rings. The van der Waals surface area contributed by atoms with Crippen LogP contribution in [0.3, 0.4) is 0 Å². The van der Waals surface area contributed by atoms with Gasteiger partial charge in [0.2, 0.25) is 0 Å². The third-order valence-corrected chi connectivity index (χ3v) is 6.27. The summed E-state index contributed by atoms with van der Waals surface area (Å²) in [5.74, 6) is -1.03. The van der Waals surface area contributed by atoms with E-state index >= 15 is 0 Å². The number of halogens is 2. The molecule has 0 radical (unpaired) electrons. The van der Waals surface area contributed by atoms with Crippen LogP contribution in [0.15, 0.2) is 170 Å². The maximum Gasteiger partial charge on any atom is 0.125 e. The molecule has 3 aromatic carbocycles. The zero-order valence-electron chi connectivity index (χ0n) is 21.3. The van der Waals surface area contributed by atoms with Gasteiger partial charge in [0.25, 0.3) is 0 Å². The van der Waals surface area contributed by atoms with E-state index in [9.17, 15) is 8.78 Å². The monoisotopic (exact) mass is 512 g/mol. The van der Waals surface area contributed by atoms with E-state index in [1.54, 1.807) is 17.3 Å². The second-order valence-electron chi connectivity index (χ2n) is 9.06. The maximum absolute atomic E-state index is 14.5. The first kappa shape index (κ1) is 25.6. The van der Waals surface area contributed by atoms with Crippen molar-refractivity contribution < 1.29 is 8.78 Å². The lowest BCUT2D eigenvalue weighted by Gasteiger charge is -2.17. The molecule has 0 N–H and O–H groups in total. The normalized spacial score (nSPS) is 18.4. The molecule has 1 aliphatic heterocycles. The van der Waals surface area contributed by atoms with Gasteiger partial charge in [-0.15, -0.1) is 0 Å². The van der Waals surface area contributed by atoms with Crippen molar-refractivity contribution in [3.8, 4) is 33.6 Å². The molecule has 190 valence electrons. The number of anilines is 1. The minimum Gasteiger partial charge on any atom is -0.324 e. The third kappa shape index (κ3) is 6.25. The lowest BCUT2D eigenvalue weighted by molar-refractivity contribution is 0.664. The first-order valence-corrected chi connectivity index (χ1v) is 12.5. The first-order valence-electron chi connectivity index (χ1n) is 12.5. The van der Waals surface area contributed by atoms with Gasteiger partial charge in [-0.2, -0.15) is 0 Å². The largest absolute Gasteiger partial charge is 0.324 e. The lowest BCUT2D eigenvalue weighted by Crippen LogP contribution is -2.07. The molecule has 0 bridgehead atoms. The maximum atomic E-state index is 14.5. The van der Waals surface area contributed by atoms with Gasteiger partial charge in [-0.25, -0.2) is 13.8 Å². The van der Waals surface area contributed by atoms with Crippen molar-refractivity contribution in [1.82, 2.24) is 4.98 Å². The van der Waals surface area contributed by atoms with E-state index in [1.807, 2.05) is 84.9 Å². The van der Waals surface area contributed by atoms with Crippen molar-refractivity contribution in [1.29, 1.82) is 0 Å². The SMILES string of the molecule is C=C1/C=C(F)\C=C/N(c2cccc(-c3cc(-c4ccccc4)nc(-c4ccccc4)c3)c2)/C=C\C(F)=C/C1=C. The van der Waals surface area contributed by atoms with Crippen LogP contribution in [0.25, 0.3) is 33.6 Å². The Morgan fingerprint density at radius 2 is 1.03 bits per heavy atom. The second kappa shape index (κ2) is 11.5. The zero-order valence-corrected chi connectivity index (χ0v) is 21.3. The highest BCUT2D eigenvalue weighted by molar-refractivity contribution is 5.78. The molecular weight excluding hydrogens is 486 g/mol. The first-order chi connectivity index (χ1) is 19.0. The molecule has 0 amide bonds. The van der Waals surface area contributed by atoms with E-state index in [-0.39, 0.29) is 0 Å². The Balaban J connectivity index is 1.59. The van der Waals surface area contributed by atoms with Crippen molar-refractivity contribution in [3.05, 3.63) is 170 Å². The van der Waals surface area contributed by atoms with E-state index in [1.165, 1.54) is 24.3 Å². The van der Waals surface area contributed by atoms with Crippen LogP contribution in [0, 0.1) is 0 Å². The summed E-state index contributed by atoms with van der Waals surface area (Å²) < 4.78 is 29.1. The van der Waals surface area contributed by atoms with Gasteiger partial charge in [-0.05, 0) is 70.8 Å². The van der Waals surface area contributed by atoms with E-state index in [2.05, 4.69) is 25.3 Å².